The Morgan fingerprint density at radius 3 is 2.88 bits per heavy atom. The van der Waals surface area contributed by atoms with E-state index < -0.39 is 0 Å². The minimum atomic E-state index is -0.317. The van der Waals surface area contributed by atoms with Gasteiger partial charge in [-0.05, 0) is 50.8 Å². The first kappa shape index (κ1) is 22.0. The van der Waals surface area contributed by atoms with E-state index in [2.05, 4.69) is 10.3 Å². The van der Waals surface area contributed by atoms with E-state index in [-0.39, 0.29) is 30.0 Å². The Morgan fingerprint density at radius 2 is 2.12 bits per heavy atom. The molecule has 1 aromatic carbocycles. The number of aromatic nitrogens is 2. The van der Waals surface area contributed by atoms with Gasteiger partial charge in [-0.25, -0.2) is 4.98 Å². The number of nitrogens with one attached hydrogen (secondary N) is 1. The molecular weight excluding hydrogens is 428 g/mol. The molecule has 3 aromatic rings. The molecule has 32 heavy (non-hydrogen) atoms. The summed E-state index contributed by atoms with van der Waals surface area (Å²) in [7, 11) is 1.56. The van der Waals surface area contributed by atoms with E-state index in [9.17, 15) is 14.4 Å². The number of benzene rings is 1. The maximum absolute atomic E-state index is 13.1. The van der Waals surface area contributed by atoms with Crippen LogP contribution in [-0.2, 0) is 11.3 Å². The zero-order valence-electron chi connectivity index (χ0n) is 18.4. The largest absolute Gasteiger partial charge is 0.497 e. The van der Waals surface area contributed by atoms with Crippen LogP contribution < -0.4 is 15.6 Å². The van der Waals surface area contributed by atoms with E-state index in [4.69, 9.17) is 4.74 Å². The highest BCUT2D eigenvalue weighted by atomic mass is 32.1. The van der Waals surface area contributed by atoms with E-state index in [0.29, 0.717) is 32.1 Å². The van der Waals surface area contributed by atoms with Crippen molar-refractivity contribution >= 4 is 39.1 Å². The highest BCUT2D eigenvalue weighted by Crippen LogP contribution is 2.28. The molecule has 1 atom stereocenters. The number of rotatable bonds is 5. The van der Waals surface area contributed by atoms with Crippen LogP contribution in [0.25, 0.3) is 10.2 Å². The number of aryl methyl sites for hydroxylation is 1. The van der Waals surface area contributed by atoms with Crippen LogP contribution in [0.1, 0.15) is 41.4 Å². The third kappa shape index (κ3) is 4.25. The average Bonchev–Trinajstić information content (AvgIpc) is 3.13. The zero-order valence-corrected chi connectivity index (χ0v) is 19.2. The lowest BCUT2D eigenvalue weighted by Gasteiger charge is -2.33. The Kier molecular flexibility index (Phi) is 6.27. The van der Waals surface area contributed by atoms with Crippen molar-refractivity contribution < 1.29 is 14.3 Å². The van der Waals surface area contributed by atoms with E-state index in [1.54, 1.807) is 38.3 Å². The number of amides is 2. The molecule has 4 rings (SSSR count). The van der Waals surface area contributed by atoms with E-state index in [0.717, 1.165) is 25.8 Å². The molecule has 0 bridgehead atoms. The number of piperidine rings is 1. The van der Waals surface area contributed by atoms with Crippen molar-refractivity contribution in [3.63, 3.8) is 0 Å². The molecule has 168 valence electrons. The minimum absolute atomic E-state index is 0.0489. The Bertz CT molecular complexity index is 1230. The number of anilines is 1. The van der Waals surface area contributed by atoms with Crippen LogP contribution in [0.15, 0.2) is 35.4 Å². The number of carbonyl (C=O) groups is 2. The average molecular weight is 455 g/mol. The van der Waals surface area contributed by atoms with Crippen LogP contribution in [0, 0.1) is 6.92 Å². The molecule has 0 saturated carbocycles. The molecule has 1 aliphatic heterocycles. The summed E-state index contributed by atoms with van der Waals surface area (Å²) < 4.78 is 6.53. The first-order valence-electron chi connectivity index (χ1n) is 10.6. The molecule has 3 heterocycles. The first-order valence-corrected chi connectivity index (χ1v) is 11.4. The Balaban J connectivity index is 1.60. The Labute approximate surface area is 189 Å². The zero-order chi connectivity index (χ0) is 22.8. The lowest BCUT2D eigenvalue weighted by atomic mass is 10.0. The molecule has 1 aliphatic rings. The molecule has 1 N–H and O–H groups in total. The van der Waals surface area contributed by atoms with Gasteiger partial charge in [0.25, 0.3) is 11.5 Å². The van der Waals surface area contributed by atoms with Crippen molar-refractivity contribution in [3.8, 4) is 5.75 Å². The van der Waals surface area contributed by atoms with Crippen molar-refractivity contribution in [2.75, 3.05) is 19.0 Å². The molecule has 1 saturated heterocycles. The molecule has 1 fully saturated rings. The van der Waals surface area contributed by atoms with E-state index >= 15 is 0 Å². The normalized spacial score (nSPS) is 16.2. The molecule has 1 unspecified atom stereocenters. The van der Waals surface area contributed by atoms with Crippen LogP contribution in [-0.4, -0.2) is 46.0 Å². The molecule has 9 heteroatoms. The fourth-order valence-corrected chi connectivity index (χ4v) is 5.12. The summed E-state index contributed by atoms with van der Waals surface area (Å²) in [6, 6.07) is 7.24. The van der Waals surface area contributed by atoms with Crippen LogP contribution in [0.5, 0.6) is 5.75 Å². The summed E-state index contributed by atoms with van der Waals surface area (Å²) in [6.07, 6.45) is 4.48. The summed E-state index contributed by atoms with van der Waals surface area (Å²) in [5.74, 6) is 0.236. The van der Waals surface area contributed by atoms with Crippen molar-refractivity contribution in [1.29, 1.82) is 0 Å². The third-order valence-electron chi connectivity index (χ3n) is 5.88. The summed E-state index contributed by atoms with van der Waals surface area (Å²) in [5, 5.41) is 3.23. The summed E-state index contributed by atoms with van der Waals surface area (Å²) in [6.45, 7) is 4.45. The van der Waals surface area contributed by atoms with Crippen LogP contribution in [0.4, 0.5) is 5.69 Å². The van der Waals surface area contributed by atoms with Crippen molar-refractivity contribution in [2.45, 2.75) is 45.7 Å². The van der Waals surface area contributed by atoms with Gasteiger partial charge in [-0.3, -0.25) is 19.0 Å². The number of likely N-dealkylation sites (tertiary alicyclic amines) is 1. The Morgan fingerprint density at radius 1 is 1.31 bits per heavy atom. The van der Waals surface area contributed by atoms with E-state index in [1.807, 2.05) is 11.8 Å². The van der Waals surface area contributed by atoms with Gasteiger partial charge in [0, 0.05) is 24.3 Å². The highest BCUT2D eigenvalue weighted by molar-refractivity contribution is 7.20. The lowest BCUT2D eigenvalue weighted by Crippen LogP contribution is -2.44. The van der Waals surface area contributed by atoms with Crippen LogP contribution >= 0.6 is 11.3 Å². The first-order chi connectivity index (χ1) is 15.4. The van der Waals surface area contributed by atoms with Gasteiger partial charge < -0.3 is 15.0 Å². The quantitative estimate of drug-likeness (QED) is 0.638. The maximum Gasteiger partial charge on any atom is 0.266 e. The van der Waals surface area contributed by atoms with Gasteiger partial charge in [-0.1, -0.05) is 6.07 Å². The Hall–Kier alpha value is -3.20. The van der Waals surface area contributed by atoms with Gasteiger partial charge >= 0.3 is 0 Å². The molecular formula is C23H26N4O4S. The monoisotopic (exact) mass is 454 g/mol. The minimum Gasteiger partial charge on any atom is -0.497 e. The summed E-state index contributed by atoms with van der Waals surface area (Å²) >= 11 is 1.17. The molecule has 2 amide bonds. The summed E-state index contributed by atoms with van der Waals surface area (Å²) in [4.78, 5) is 45.9. The molecule has 0 aliphatic carbocycles. The number of hydrogen-bond acceptors (Lipinski definition) is 6. The second kappa shape index (κ2) is 9.12. The van der Waals surface area contributed by atoms with Crippen molar-refractivity contribution in [2.24, 2.45) is 0 Å². The standard InChI is InChI=1S/C23H26N4O4S/c1-14-7-4-5-10-27(14)18(28)12-26-13-24-22-19(23(26)30)15(2)20(32-22)21(29)25-16-8-6-9-17(11-16)31-3/h6,8-9,11,13-14H,4-5,7,10,12H2,1-3H3,(H,25,29). The third-order valence-corrected chi connectivity index (χ3v) is 7.08. The fourth-order valence-electron chi connectivity index (χ4n) is 4.08. The van der Waals surface area contributed by atoms with Gasteiger partial charge in [-0.2, -0.15) is 0 Å². The molecule has 0 spiro atoms. The number of thiophene rings is 1. The lowest BCUT2D eigenvalue weighted by molar-refractivity contribution is -0.135. The molecule has 8 nitrogen and oxygen atoms in total. The van der Waals surface area contributed by atoms with Crippen molar-refractivity contribution in [3.05, 3.63) is 51.4 Å². The molecule has 2 aromatic heterocycles. The number of ether oxygens (including phenoxy) is 1. The van der Waals surface area contributed by atoms with Gasteiger partial charge in [0.05, 0.1) is 23.7 Å². The van der Waals surface area contributed by atoms with Gasteiger partial charge in [0.1, 0.15) is 17.1 Å². The SMILES string of the molecule is COc1cccc(NC(=O)c2sc3ncn(CC(=O)N4CCCCC4C)c(=O)c3c2C)c1. The number of methoxy groups -OCH3 is 1. The van der Waals surface area contributed by atoms with E-state index in [1.165, 1.54) is 22.2 Å². The second-order valence-corrected chi connectivity index (χ2v) is 9.03. The second-order valence-electron chi connectivity index (χ2n) is 8.03. The summed E-state index contributed by atoms with van der Waals surface area (Å²) in [5.41, 5.74) is 0.857. The molecule has 0 radical (unpaired) electrons. The smallest absolute Gasteiger partial charge is 0.266 e. The van der Waals surface area contributed by atoms with Crippen LogP contribution in [0.2, 0.25) is 0 Å². The van der Waals surface area contributed by atoms with Gasteiger partial charge in [0.2, 0.25) is 5.91 Å². The maximum atomic E-state index is 13.1. The number of carbonyl (C=O) groups excluding carboxylic acids is 2. The highest BCUT2D eigenvalue weighted by Gasteiger charge is 2.25. The predicted octanol–water partition coefficient (Wildman–Crippen LogP) is 3.43. The fraction of sp³-hybridized carbons (Fsp3) is 0.391. The topological polar surface area (TPSA) is 93.5 Å². The van der Waals surface area contributed by atoms with Crippen LogP contribution in [0.3, 0.4) is 0 Å². The van der Waals surface area contributed by atoms with Crippen molar-refractivity contribution in [1.82, 2.24) is 14.5 Å². The number of fused-ring (bicyclic) bond motifs is 1. The predicted molar refractivity (Wildman–Crippen MR) is 125 cm³/mol. The number of nitrogens with zero attached hydrogens (tertiary/aromatic N) is 3. The van der Waals surface area contributed by atoms with Gasteiger partial charge in [-0.15, -0.1) is 11.3 Å². The number of hydrogen-bond donors (Lipinski definition) is 1. The van der Waals surface area contributed by atoms with Gasteiger partial charge in [0.15, 0.2) is 0 Å².